The molecule has 8 heteroatoms. The Morgan fingerprint density at radius 3 is 1.82 bits per heavy atom. The fraction of sp³-hybridized carbons (Fsp3) is 0.556. The molecule has 0 aliphatic heterocycles. The van der Waals surface area contributed by atoms with Crippen LogP contribution < -0.4 is 12.4 Å². The second-order valence-electron chi connectivity index (χ2n) is 3.81. The van der Waals surface area contributed by atoms with Gasteiger partial charge in [0.25, 0.3) is 0 Å². The molecule has 0 bridgehead atoms. The third-order valence-electron chi connectivity index (χ3n) is 1.21. The highest BCUT2D eigenvalue weighted by Crippen LogP contribution is 2.35. The number of likely N-dealkylation sites (N-methyl/N-ethyl adjacent to an activating group) is 1. The van der Waals surface area contributed by atoms with Crippen LogP contribution in [0, 0.1) is 0 Å². The molecule has 0 fully saturated rings. The van der Waals surface area contributed by atoms with Gasteiger partial charge in [-0.15, -0.1) is 0 Å². The van der Waals surface area contributed by atoms with Crippen molar-refractivity contribution in [2.24, 2.45) is 0 Å². The van der Waals surface area contributed by atoms with Crippen LogP contribution in [0.25, 0.3) is 0 Å². The normalized spacial score (nSPS) is 10.4. The maximum atomic E-state index is 10.2. The Balaban J connectivity index is -0.000000280. The summed E-state index contributed by atoms with van der Waals surface area (Å²) in [6.45, 7) is 7.17. The van der Waals surface area contributed by atoms with Crippen LogP contribution in [0.3, 0.4) is 0 Å². The van der Waals surface area contributed by atoms with Crippen LogP contribution in [-0.2, 0) is 13.8 Å². The topological polar surface area (TPSA) is 76.0 Å². The Bertz CT molecular complexity index is 242. The van der Waals surface area contributed by atoms with Crippen LogP contribution in [0.5, 0.6) is 0 Å². The first-order valence-corrected chi connectivity index (χ1v) is 6.03. The van der Waals surface area contributed by atoms with Gasteiger partial charge in [-0.05, 0) is 0 Å². The summed E-state index contributed by atoms with van der Waals surface area (Å²) < 4.78 is 19.4. The van der Waals surface area contributed by atoms with E-state index in [0.29, 0.717) is 11.0 Å². The summed E-state index contributed by atoms with van der Waals surface area (Å²) in [5.41, 5.74) is 0. The van der Waals surface area contributed by atoms with Crippen LogP contribution in [-0.4, -0.2) is 48.6 Å². The lowest BCUT2D eigenvalue weighted by Gasteiger charge is -2.23. The molecule has 0 aromatic carbocycles. The fourth-order valence-electron chi connectivity index (χ4n) is 0.502. The van der Waals surface area contributed by atoms with Crippen LogP contribution in [0.15, 0.2) is 25.7 Å². The van der Waals surface area contributed by atoms with E-state index >= 15 is 0 Å². The number of hydrogen-bond acceptors (Lipinski definition) is 3. The number of nitrogens with zero attached hydrogens (tertiary/aromatic N) is 1. The molecule has 0 aliphatic carbocycles. The summed E-state index contributed by atoms with van der Waals surface area (Å²) in [6, 6.07) is 0. The SMILES string of the molecule is C=COC=C.C[N+](C)(C)CCOP(=O)(O)O.[Cl-]. The highest BCUT2D eigenvalue weighted by molar-refractivity contribution is 7.46. The van der Waals surface area contributed by atoms with E-state index in [2.05, 4.69) is 22.4 Å². The predicted molar refractivity (Wildman–Crippen MR) is 62.4 cm³/mol. The van der Waals surface area contributed by atoms with Gasteiger partial charge in [0.2, 0.25) is 0 Å². The van der Waals surface area contributed by atoms with Crippen LogP contribution in [0.4, 0.5) is 0 Å². The van der Waals surface area contributed by atoms with Crippen molar-refractivity contribution in [3.63, 3.8) is 0 Å². The highest BCUT2D eigenvalue weighted by Gasteiger charge is 2.15. The average Bonchev–Trinajstić information content (AvgIpc) is 2.01. The Morgan fingerprint density at radius 1 is 1.24 bits per heavy atom. The number of quaternary nitrogens is 1. The number of halogens is 1. The molecule has 0 heterocycles. The quantitative estimate of drug-likeness (QED) is 0.339. The van der Waals surface area contributed by atoms with E-state index in [1.165, 1.54) is 12.5 Å². The van der Waals surface area contributed by atoms with E-state index in [1.807, 2.05) is 21.1 Å². The fourth-order valence-corrected chi connectivity index (χ4v) is 0.821. The molecule has 0 aromatic rings. The van der Waals surface area contributed by atoms with Crippen molar-refractivity contribution in [3.8, 4) is 0 Å². The molecule has 104 valence electrons. The zero-order valence-electron chi connectivity index (χ0n) is 10.4. The summed E-state index contributed by atoms with van der Waals surface area (Å²) in [7, 11) is 1.50. The number of phosphoric acid groups is 1. The van der Waals surface area contributed by atoms with Crippen LogP contribution >= 0.6 is 7.82 Å². The van der Waals surface area contributed by atoms with Gasteiger partial charge in [-0.2, -0.15) is 0 Å². The lowest BCUT2D eigenvalue weighted by molar-refractivity contribution is -0.870. The van der Waals surface area contributed by atoms with E-state index in [4.69, 9.17) is 9.79 Å². The molecule has 2 N–H and O–H groups in total. The molecule has 0 saturated carbocycles. The molecule has 0 unspecified atom stereocenters. The van der Waals surface area contributed by atoms with E-state index < -0.39 is 7.82 Å². The molecule has 0 radical (unpaired) electrons. The maximum absolute atomic E-state index is 10.2. The first kappa shape index (κ1) is 21.9. The Hall–Kier alpha value is -0.360. The molecule has 17 heavy (non-hydrogen) atoms. The van der Waals surface area contributed by atoms with Crippen molar-refractivity contribution in [2.45, 2.75) is 0 Å². The zero-order valence-corrected chi connectivity index (χ0v) is 12.0. The lowest BCUT2D eigenvalue weighted by atomic mass is 10.5. The summed E-state index contributed by atoms with van der Waals surface area (Å²) in [6.07, 6.45) is 2.62. The van der Waals surface area contributed by atoms with Crippen LogP contribution in [0.1, 0.15) is 0 Å². The van der Waals surface area contributed by atoms with Gasteiger partial charge in [-0.3, -0.25) is 4.52 Å². The van der Waals surface area contributed by atoms with Gasteiger partial charge >= 0.3 is 7.82 Å². The molecule has 6 nitrogen and oxygen atoms in total. The number of hydrogen-bond donors (Lipinski definition) is 2. The lowest BCUT2D eigenvalue weighted by Crippen LogP contribution is -3.00. The minimum Gasteiger partial charge on any atom is -1.00 e. The molecule has 0 aromatic heterocycles. The standard InChI is InChI=1S/C5H14NO4P.C4H6O.ClH/c1-6(2,3)4-5-10-11(7,8)9;1-3-5-4-2;/h4-5H2,1-3H3,(H-,7,8,9);3-4H,1-2H2;1H. The molecule has 0 aliphatic rings. The summed E-state index contributed by atoms with van der Waals surface area (Å²) in [4.78, 5) is 16.6. The van der Waals surface area contributed by atoms with E-state index in [1.54, 1.807) is 0 Å². The third-order valence-corrected chi connectivity index (χ3v) is 1.73. The molecule has 0 amide bonds. The molecular weight excluding hydrogens is 269 g/mol. The van der Waals surface area contributed by atoms with Crippen molar-refractivity contribution >= 4 is 7.82 Å². The largest absolute Gasteiger partial charge is 1.00 e. The predicted octanol–water partition coefficient (Wildman–Crippen LogP) is -1.90. The summed E-state index contributed by atoms with van der Waals surface area (Å²) >= 11 is 0. The second-order valence-corrected chi connectivity index (χ2v) is 5.05. The third kappa shape index (κ3) is 31.3. The van der Waals surface area contributed by atoms with Gasteiger partial charge in [-0.1, -0.05) is 13.2 Å². The molecule has 0 atom stereocenters. The van der Waals surface area contributed by atoms with Gasteiger partial charge in [-0.25, -0.2) is 4.57 Å². The maximum Gasteiger partial charge on any atom is 0.469 e. The number of ether oxygens (including phenoxy) is 1. The summed E-state index contributed by atoms with van der Waals surface area (Å²) in [5, 5.41) is 0. The number of phosphoric ester groups is 1. The van der Waals surface area contributed by atoms with Gasteiger partial charge < -0.3 is 31.4 Å². The monoisotopic (exact) mass is 289 g/mol. The number of rotatable bonds is 6. The van der Waals surface area contributed by atoms with E-state index in [9.17, 15) is 4.57 Å². The van der Waals surface area contributed by atoms with Crippen molar-refractivity contribution < 1.29 is 40.5 Å². The van der Waals surface area contributed by atoms with E-state index in [-0.39, 0.29) is 19.0 Å². The Kier molecular flexibility index (Phi) is 13.9. The van der Waals surface area contributed by atoms with Gasteiger partial charge in [0.05, 0.1) is 33.7 Å². The molecule has 0 rings (SSSR count). The minimum absolute atomic E-state index is 0. The van der Waals surface area contributed by atoms with E-state index in [0.717, 1.165) is 0 Å². The van der Waals surface area contributed by atoms with Gasteiger partial charge in [0.1, 0.15) is 13.2 Å². The van der Waals surface area contributed by atoms with Crippen molar-refractivity contribution in [3.05, 3.63) is 25.7 Å². The van der Waals surface area contributed by atoms with Crippen molar-refractivity contribution in [1.82, 2.24) is 0 Å². The first-order valence-electron chi connectivity index (χ1n) is 4.50. The Morgan fingerprint density at radius 2 is 1.65 bits per heavy atom. The minimum atomic E-state index is -4.26. The smallest absolute Gasteiger partial charge is 0.469 e. The van der Waals surface area contributed by atoms with Crippen molar-refractivity contribution in [2.75, 3.05) is 34.3 Å². The van der Waals surface area contributed by atoms with Gasteiger partial charge in [0, 0.05) is 0 Å². The molecular formula is C9H21ClNO5P. The van der Waals surface area contributed by atoms with Gasteiger partial charge in [0.15, 0.2) is 0 Å². The zero-order chi connectivity index (χ0) is 13.2. The average molecular weight is 290 g/mol. The second kappa shape index (κ2) is 10.8. The Labute approximate surface area is 109 Å². The van der Waals surface area contributed by atoms with Crippen molar-refractivity contribution in [1.29, 1.82) is 0 Å². The molecule has 0 spiro atoms. The first-order chi connectivity index (χ1) is 7.12. The summed E-state index contributed by atoms with van der Waals surface area (Å²) in [5.74, 6) is 0. The molecule has 0 saturated heterocycles. The highest BCUT2D eigenvalue weighted by atomic mass is 35.5. The van der Waals surface area contributed by atoms with Crippen LogP contribution in [0.2, 0.25) is 0 Å².